The molecule has 1 aromatic carbocycles. The number of amides is 1. The van der Waals surface area contributed by atoms with Gasteiger partial charge in [0.05, 0.1) is 5.69 Å². The van der Waals surface area contributed by atoms with E-state index in [0.29, 0.717) is 5.56 Å². The minimum absolute atomic E-state index is 0.0627. The van der Waals surface area contributed by atoms with E-state index >= 15 is 0 Å². The van der Waals surface area contributed by atoms with E-state index in [9.17, 15) is 9.18 Å². The van der Waals surface area contributed by atoms with Crippen molar-refractivity contribution >= 4 is 11.6 Å². The maximum atomic E-state index is 13.3. The van der Waals surface area contributed by atoms with Crippen molar-refractivity contribution < 1.29 is 9.18 Å². The summed E-state index contributed by atoms with van der Waals surface area (Å²) >= 11 is 0. The lowest BCUT2D eigenvalue weighted by molar-refractivity contribution is 0.0909. The third-order valence-electron chi connectivity index (χ3n) is 3.83. The van der Waals surface area contributed by atoms with Gasteiger partial charge in [0, 0.05) is 11.6 Å². The number of carbonyl (C=O) groups excluding carboxylic acids is 1. The fraction of sp³-hybridized carbons (Fsp3) is 0.500. The molecule has 0 spiro atoms. The highest BCUT2D eigenvalue weighted by Crippen LogP contribution is 2.37. The van der Waals surface area contributed by atoms with Gasteiger partial charge in [-0.3, -0.25) is 4.79 Å². The molecule has 3 N–H and O–H groups in total. The summed E-state index contributed by atoms with van der Waals surface area (Å²) in [6, 6.07) is 4.32. The Bertz CT molecular complexity index is 471. The Hall–Kier alpha value is -1.58. The summed E-state index contributed by atoms with van der Waals surface area (Å²) in [6.45, 7) is 4.29. The molecule has 1 atom stereocenters. The van der Waals surface area contributed by atoms with E-state index in [2.05, 4.69) is 19.2 Å². The standard InChI is InChI=1S/C14H19FN2O/c1-14(2)7-3-4-12(14)17-13(18)9-5-6-11(16)10(15)8-9/h5-6,8,12H,3-4,7,16H2,1-2H3,(H,17,18). The number of benzene rings is 1. The SMILES string of the molecule is CC1(C)CCCC1NC(=O)c1ccc(N)c(F)c1. The molecule has 0 aliphatic heterocycles. The number of nitrogens with two attached hydrogens (primary N) is 1. The number of anilines is 1. The van der Waals surface area contributed by atoms with Crippen LogP contribution in [0.5, 0.6) is 0 Å². The van der Waals surface area contributed by atoms with Crippen LogP contribution in [0.2, 0.25) is 0 Å². The number of hydrogen-bond acceptors (Lipinski definition) is 2. The lowest BCUT2D eigenvalue weighted by atomic mass is 9.87. The number of nitrogen functional groups attached to an aromatic ring is 1. The van der Waals surface area contributed by atoms with Gasteiger partial charge in [0.1, 0.15) is 5.82 Å². The van der Waals surface area contributed by atoms with Gasteiger partial charge in [0.15, 0.2) is 0 Å². The molecule has 98 valence electrons. The summed E-state index contributed by atoms with van der Waals surface area (Å²) in [5.41, 5.74) is 5.89. The van der Waals surface area contributed by atoms with E-state index in [1.807, 2.05) is 0 Å². The number of nitrogens with one attached hydrogen (secondary N) is 1. The van der Waals surface area contributed by atoms with E-state index in [4.69, 9.17) is 5.73 Å². The normalized spacial score (nSPS) is 21.8. The Kier molecular flexibility index (Phi) is 3.28. The summed E-state index contributed by atoms with van der Waals surface area (Å²) in [6.07, 6.45) is 3.21. The van der Waals surface area contributed by atoms with Crippen LogP contribution >= 0.6 is 0 Å². The third-order valence-corrected chi connectivity index (χ3v) is 3.83. The van der Waals surface area contributed by atoms with Crippen molar-refractivity contribution in [1.82, 2.24) is 5.32 Å². The van der Waals surface area contributed by atoms with Crippen molar-refractivity contribution in [2.45, 2.75) is 39.2 Å². The molecule has 1 aliphatic rings. The summed E-state index contributed by atoms with van der Waals surface area (Å²) < 4.78 is 13.3. The van der Waals surface area contributed by atoms with Gasteiger partial charge >= 0.3 is 0 Å². The van der Waals surface area contributed by atoms with Crippen molar-refractivity contribution in [3.8, 4) is 0 Å². The number of rotatable bonds is 2. The zero-order valence-corrected chi connectivity index (χ0v) is 10.8. The van der Waals surface area contributed by atoms with Crippen LogP contribution in [-0.4, -0.2) is 11.9 Å². The number of halogens is 1. The molecule has 1 fully saturated rings. The summed E-state index contributed by atoms with van der Waals surface area (Å²) in [5, 5.41) is 2.99. The minimum atomic E-state index is -0.548. The number of hydrogen-bond donors (Lipinski definition) is 2. The fourth-order valence-electron chi connectivity index (χ4n) is 2.50. The Morgan fingerprint density at radius 3 is 2.78 bits per heavy atom. The Morgan fingerprint density at radius 2 is 2.22 bits per heavy atom. The third kappa shape index (κ3) is 2.47. The van der Waals surface area contributed by atoms with E-state index < -0.39 is 5.82 Å². The van der Waals surface area contributed by atoms with E-state index in [0.717, 1.165) is 19.3 Å². The second-order valence-corrected chi connectivity index (χ2v) is 5.64. The molecule has 1 aliphatic carbocycles. The molecular weight excluding hydrogens is 231 g/mol. The molecule has 3 nitrogen and oxygen atoms in total. The topological polar surface area (TPSA) is 55.1 Å². The molecule has 0 saturated heterocycles. The van der Waals surface area contributed by atoms with Gasteiger partial charge in [-0.05, 0) is 36.5 Å². The predicted octanol–water partition coefficient (Wildman–Crippen LogP) is 2.72. The zero-order valence-electron chi connectivity index (χ0n) is 10.8. The van der Waals surface area contributed by atoms with Gasteiger partial charge in [-0.1, -0.05) is 20.3 Å². The molecule has 2 rings (SSSR count). The van der Waals surface area contributed by atoms with Gasteiger partial charge in [-0.2, -0.15) is 0 Å². The fourth-order valence-corrected chi connectivity index (χ4v) is 2.50. The van der Waals surface area contributed by atoms with Gasteiger partial charge < -0.3 is 11.1 Å². The largest absolute Gasteiger partial charge is 0.396 e. The molecule has 0 bridgehead atoms. The molecule has 18 heavy (non-hydrogen) atoms. The van der Waals surface area contributed by atoms with Crippen LogP contribution in [0.25, 0.3) is 0 Å². The van der Waals surface area contributed by atoms with Gasteiger partial charge in [-0.15, -0.1) is 0 Å². The predicted molar refractivity (Wildman–Crippen MR) is 69.7 cm³/mol. The smallest absolute Gasteiger partial charge is 0.251 e. The maximum Gasteiger partial charge on any atom is 0.251 e. The Labute approximate surface area is 107 Å². The van der Waals surface area contributed by atoms with Crippen LogP contribution in [0.4, 0.5) is 10.1 Å². The molecule has 0 heterocycles. The lowest BCUT2D eigenvalue weighted by Crippen LogP contribution is -2.41. The van der Waals surface area contributed by atoms with Crippen molar-refractivity contribution in [2.75, 3.05) is 5.73 Å². The average Bonchev–Trinajstić information content (AvgIpc) is 2.62. The van der Waals surface area contributed by atoms with Gasteiger partial charge in [-0.25, -0.2) is 4.39 Å². The van der Waals surface area contributed by atoms with Crippen LogP contribution < -0.4 is 11.1 Å². The van der Waals surface area contributed by atoms with Crippen molar-refractivity contribution in [3.63, 3.8) is 0 Å². The van der Waals surface area contributed by atoms with Crippen molar-refractivity contribution in [1.29, 1.82) is 0 Å². The molecule has 1 amide bonds. The second kappa shape index (κ2) is 4.59. The van der Waals surface area contributed by atoms with E-state index in [1.54, 1.807) is 6.07 Å². The lowest BCUT2D eigenvalue weighted by Gasteiger charge is -2.27. The van der Waals surface area contributed by atoms with Crippen LogP contribution in [0.1, 0.15) is 43.5 Å². The van der Waals surface area contributed by atoms with E-state index in [1.165, 1.54) is 12.1 Å². The molecule has 1 unspecified atom stereocenters. The maximum absolute atomic E-state index is 13.3. The Balaban J connectivity index is 2.10. The monoisotopic (exact) mass is 250 g/mol. The van der Waals surface area contributed by atoms with E-state index in [-0.39, 0.29) is 23.1 Å². The van der Waals surface area contributed by atoms with Gasteiger partial charge in [0.2, 0.25) is 0 Å². The highest BCUT2D eigenvalue weighted by molar-refractivity contribution is 5.94. The van der Waals surface area contributed by atoms with Gasteiger partial charge in [0.25, 0.3) is 5.91 Å². The molecule has 1 aromatic rings. The van der Waals surface area contributed by atoms with Crippen LogP contribution in [0.15, 0.2) is 18.2 Å². The molecule has 1 saturated carbocycles. The first-order chi connectivity index (χ1) is 8.40. The van der Waals surface area contributed by atoms with Crippen LogP contribution in [0.3, 0.4) is 0 Å². The highest BCUT2D eigenvalue weighted by Gasteiger charge is 2.35. The van der Waals surface area contributed by atoms with Crippen molar-refractivity contribution in [2.24, 2.45) is 5.41 Å². The van der Waals surface area contributed by atoms with Crippen LogP contribution in [-0.2, 0) is 0 Å². The quantitative estimate of drug-likeness (QED) is 0.793. The summed E-state index contributed by atoms with van der Waals surface area (Å²) in [5.74, 6) is -0.776. The van der Waals surface area contributed by atoms with Crippen LogP contribution in [0, 0.1) is 11.2 Å². The van der Waals surface area contributed by atoms with Crippen molar-refractivity contribution in [3.05, 3.63) is 29.6 Å². The molecule has 4 heteroatoms. The second-order valence-electron chi connectivity index (χ2n) is 5.64. The average molecular weight is 250 g/mol. The molecular formula is C14H19FN2O. The number of carbonyl (C=O) groups is 1. The highest BCUT2D eigenvalue weighted by atomic mass is 19.1. The summed E-state index contributed by atoms with van der Waals surface area (Å²) in [7, 11) is 0. The molecule has 0 radical (unpaired) electrons. The molecule has 0 aromatic heterocycles. The first-order valence-corrected chi connectivity index (χ1v) is 6.26. The summed E-state index contributed by atoms with van der Waals surface area (Å²) in [4.78, 5) is 12.0. The first kappa shape index (κ1) is 12.9. The zero-order chi connectivity index (χ0) is 13.3. The first-order valence-electron chi connectivity index (χ1n) is 6.26. The Morgan fingerprint density at radius 1 is 1.50 bits per heavy atom. The minimum Gasteiger partial charge on any atom is -0.396 e.